The van der Waals surface area contributed by atoms with E-state index in [1.807, 2.05) is 0 Å². The van der Waals surface area contributed by atoms with Gasteiger partial charge in [-0.3, -0.25) is 19.6 Å². The van der Waals surface area contributed by atoms with Crippen molar-refractivity contribution >= 4 is 11.7 Å². The number of hydrogen-bond acceptors (Lipinski definition) is 4. The topological polar surface area (TPSA) is 98.3 Å². The molecule has 116 valence electrons. The maximum Gasteiger partial charge on any atom is 0.307 e. The van der Waals surface area contributed by atoms with Crippen molar-refractivity contribution in [3.05, 3.63) is 56.6 Å². The number of aryl methyl sites for hydroxylation is 1. The summed E-state index contributed by atoms with van der Waals surface area (Å²) in [6.07, 6.45) is -0.152. The van der Waals surface area contributed by atoms with Crippen molar-refractivity contribution in [2.24, 2.45) is 0 Å². The van der Waals surface area contributed by atoms with E-state index in [1.54, 1.807) is 13.8 Å². The van der Waals surface area contributed by atoms with Crippen LogP contribution in [0.3, 0.4) is 0 Å². The van der Waals surface area contributed by atoms with E-state index >= 15 is 0 Å². The molecular weight excluding hydrogens is 293 g/mol. The van der Waals surface area contributed by atoms with Crippen molar-refractivity contribution in [1.82, 2.24) is 9.78 Å². The van der Waals surface area contributed by atoms with Gasteiger partial charge < -0.3 is 5.11 Å². The lowest BCUT2D eigenvalue weighted by Gasteiger charge is -2.06. The Kier molecular flexibility index (Phi) is 4.20. The number of aromatic nitrogens is 2. The number of carbonyl (C=O) groups is 1. The molecule has 22 heavy (non-hydrogen) atoms. The van der Waals surface area contributed by atoms with Crippen LogP contribution in [-0.2, 0) is 17.8 Å². The van der Waals surface area contributed by atoms with Gasteiger partial charge in [-0.25, -0.2) is 4.39 Å². The van der Waals surface area contributed by atoms with Gasteiger partial charge in [-0.2, -0.15) is 5.10 Å². The van der Waals surface area contributed by atoms with E-state index in [0.29, 0.717) is 17.0 Å². The van der Waals surface area contributed by atoms with Crippen LogP contribution in [0.5, 0.6) is 0 Å². The molecule has 0 spiro atoms. The molecule has 7 nitrogen and oxygen atoms in total. The summed E-state index contributed by atoms with van der Waals surface area (Å²) < 4.78 is 15.4. The molecule has 1 heterocycles. The summed E-state index contributed by atoms with van der Waals surface area (Å²) >= 11 is 0. The van der Waals surface area contributed by atoms with Gasteiger partial charge in [0.05, 0.1) is 29.6 Å². The fraction of sp³-hybridized carbons (Fsp3) is 0.286. The molecule has 0 aliphatic carbocycles. The van der Waals surface area contributed by atoms with E-state index in [1.165, 1.54) is 16.8 Å². The zero-order chi connectivity index (χ0) is 16.4. The third-order valence-electron chi connectivity index (χ3n) is 3.43. The van der Waals surface area contributed by atoms with E-state index < -0.39 is 16.7 Å². The second-order valence-corrected chi connectivity index (χ2v) is 4.91. The average Bonchev–Trinajstić information content (AvgIpc) is 2.68. The van der Waals surface area contributed by atoms with Crippen molar-refractivity contribution in [1.29, 1.82) is 0 Å². The van der Waals surface area contributed by atoms with Crippen LogP contribution in [-0.4, -0.2) is 25.8 Å². The molecule has 0 saturated heterocycles. The molecule has 2 rings (SSSR count). The molecule has 0 unspecified atom stereocenters. The Bertz CT molecular complexity index is 755. The number of hydrogen-bond donors (Lipinski definition) is 1. The minimum Gasteiger partial charge on any atom is -0.481 e. The number of carboxylic acid groups (broad SMARTS) is 1. The third-order valence-corrected chi connectivity index (χ3v) is 3.43. The highest BCUT2D eigenvalue weighted by Gasteiger charge is 2.16. The lowest BCUT2D eigenvalue weighted by Crippen LogP contribution is -2.07. The van der Waals surface area contributed by atoms with Crippen molar-refractivity contribution in [2.45, 2.75) is 26.8 Å². The summed E-state index contributed by atoms with van der Waals surface area (Å²) in [5, 5.41) is 23.7. The van der Waals surface area contributed by atoms with Crippen molar-refractivity contribution < 1.29 is 19.2 Å². The fourth-order valence-electron chi connectivity index (χ4n) is 2.23. The van der Waals surface area contributed by atoms with E-state index in [9.17, 15) is 19.3 Å². The zero-order valence-electron chi connectivity index (χ0n) is 12.0. The van der Waals surface area contributed by atoms with Crippen molar-refractivity contribution in [3.63, 3.8) is 0 Å². The molecule has 0 saturated carbocycles. The highest BCUT2D eigenvalue weighted by Crippen LogP contribution is 2.20. The van der Waals surface area contributed by atoms with Crippen LogP contribution in [0.15, 0.2) is 18.2 Å². The number of nitrogens with zero attached hydrogens (tertiary/aromatic N) is 3. The molecule has 1 aromatic carbocycles. The molecule has 0 bridgehead atoms. The van der Waals surface area contributed by atoms with Crippen molar-refractivity contribution in [2.75, 3.05) is 0 Å². The zero-order valence-corrected chi connectivity index (χ0v) is 12.0. The first-order valence-corrected chi connectivity index (χ1v) is 6.47. The summed E-state index contributed by atoms with van der Waals surface area (Å²) in [5.41, 5.74) is 1.73. The Morgan fingerprint density at radius 2 is 2.14 bits per heavy atom. The van der Waals surface area contributed by atoms with Gasteiger partial charge in [0.15, 0.2) is 0 Å². The Morgan fingerprint density at radius 1 is 1.45 bits per heavy atom. The molecule has 0 radical (unpaired) electrons. The number of aliphatic carboxylic acids is 1. The predicted octanol–water partition coefficient (Wildman–Crippen LogP) is 2.22. The molecule has 1 N–H and O–H groups in total. The van der Waals surface area contributed by atoms with Crippen LogP contribution < -0.4 is 0 Å². The van der Waals surface area contributed by atoms with Crippen molar-refractivity contribution in [3.8, 4) is 0 Å². The van der Waals surface area contributed by atoms with Crippen LogP contribution >= 0.6 is 0 Å². The predicted molar refractivity (Wildman–Crippen MR) is 75.2 cm³/mol. The number of halogens is 1. The number of carboxylic acids is 1. The normalized spacial score (nSPS) is 10.7. The number of non-ortho nitro benzene ring substituents is 1. The van der Waals surface area contributed by atoms with E-state index in [-0.39, 0.29) is 24.2 Å². The highest BCUT2D eigenvalue weighted by atomic mass is 19.1. The summed E-state index contributed by atoms with van der Waals surface area (Å²) in [6, 6.07) is 3.42. The van der Waals surface area contributed by atoms with Crippen LogP contribution in [0.1, 0.15) is 22.5 Å². The van der Waals surface area contributed by atoms with E-state index in [4.69, 9.17) is 5.11 Å². The lowest BCUT2D eigenvalue weighted by molar-refractivity contribution is -0.385. The summed E-state index contributed by atoms with van der Waals surface area (Å²) in [5.74, 6) is -1.66. The third kappa shape index (κ3) is 3.11. The number of nitro groups is 1. The molecule has 1 aromatic heterocycles. The Morgan fingerprint density at radius 3 is 2.68 bits per heavy atom. The average molecular weight is 307 g/mol. The molecule has 0 aliphatic heterocycles. The van der Waals surface area contributed by atoms with Crippen LogP contribution in [0.2, 0.25) is 0 Å². The minimum atomic E-state index is -0.965. The second-order valence-electron chi connectivity index (χ2n) is 4.91. The van der Waals surface area contributed by atoms with Crippen LogP contribution in [0.4, 0.5) is 10.1 Å². The molecule has 0 atom stereocenters. The first kappa shape index (κ1) is 15.6. The molecule has 2 aromatic rings. The number of rotatable bonds is 5. The van der Waals surface area contributed by atoms with Crippen LogP contribution in [0.25, 0.3) is 0 Å². The number of nitro benzene ring substituents is 1. The van der Waals surface area contributed by atoms with Gasteiger partial charge in [-0.05, 0) is 19.9 Å². The van der Waals surface area contributed by atoms with E-state index in [2.05, 4.69) is 5.10 Å². The minimum absolute atomic E-state index is 0.0795. The Labute approximate surface area is 125 Å². The van der Waals surface area contributed by atoms with E-state index in [0.717, 1.165) is 6.07 Å². The second kappa shape index (κ2) is 5.92. The molecular formula is C14H14FN3O4. The Hall–Kier alpha value is -2.77. The van der Waals surface area contributed by atoms with Gasteiger partial charge in [0.1, 0.15) is 5.82 Å². The van der Waals surface area contributed by atoms with Gasteiger partial charge in [-0.15, -0.1) is 0 Å². The standard InChI is InChI=1S/C14H14FN3O4/c1-8-12(6-14(19)20)9(2)17(16-8)7-10-3-4-11(18(21)22)5-13(10)15/h3-5H,6-7H2,1-2H3,(H,19,20). The van der Waals surface area contributed by atoms with Gasteiger partial charge in [-0.1, -0.05) is 0 Å². The SMILES string of the molecule is Cc1nn(Cc2ccc([N+](=O)[O-])cc2F)c(C)c1CC(=O)O. The quantitative estimate of drug-likeness (QED) is 0.674. The Balaban J connectivity index is 2.32. The number of benzene rings is 1. The summed E-state index contributed by atoms with van der Waals surface area (Å²) in [4.78, 5) is 20.8. The summed E-state index contributed by atoms with van der Waals surface area (Å²) in [7, 11) is 0. The first-order valence-electron chi connectivity index (χ1n) is 6.47. The molecule has 0 amide bonds. The smallest absolute Gasteiger partial charge is 0.307 e. The van der Waals surface area contributed by atoms with Gasteiger partial charge in [0.25, 0.3) is 5.69 Å². The van der Waals surface area contributed by atoms with Gasteiger partial charge in [0.2, 0.25) is 0 Å². The molecule has 8 heteroatoms. The summed E-state index contributed by atoms with van der Waals surface area (Å²) in [6.45, 7) is 3.48. The lowest BCUT2D eigenvalue weighted by atomic mass is 10.1. The maximum atomic E-state index is 13.9. The monoisotopic (exact) mass is 307 g/mol. The molecule has 0 aliphatic rings. The fourth-order valence-corrected chi connectivity index (χ4v) is 2.23. The molecule has 0 fully saturated rings. The largest absolute Gasteiger partial charge is 0.481 e. The van der Waals surface area contributed by atoms with Gasteiger partial charge in [0, 0.05) is 22.9 Å². The maximum absolute atomic E-state index is 13.9. The first-order chi connectivity index (χ1) is 10.3. The van der Waals surface area contributed by atoms with Gasteiger partial charge >= 0.3 is 5.97 Å². The highest BCUT2D eigenvalue weighted by molar-refractivity contribution is 5.70. The van der Waals surface area contributed by atoms with Crippen LogP contribution in [0, 0.1) is 29.8 Å².